The lowest BCUT2D eigenvalue weighted by atomic mass is 10.2. The van der Waals surface area contributed by atoms with Gasteiger partial charge in [0, 0.05) is 28.2 Å². The van der Waals surface area contributed by atoms with Gasteiger partial charge in [0.2, 0.25) is 0 Å². The second kappa shape index (κ2) is 6.69. The molecule has 6 heteroatoms. The molecule has 2 heterocycles. The van der Waals surface area contributed by atoms with Gasteiger partial charge in [-0.15, -0.1) is 0 Å². The summed E-state index contributed by atoms with van der Waals surface area (Å²) in [5, 5.41) is 9.44. The molecule has 0 unspecified atom stereocenters. The van der Waals surface area contributed by atoms with Crippen molar-refractivity contribution >= 4 is 28.3 Å². The molecule has 4 rings (SSSR count). The summed E-state index contributed by atoms with van der Waals surface area (Å²) in [6, 6.07) is 19.0. The molecule has 26 heavy (non-hydrogen) atoms. The van der Waals surface area contributed by atoms with Gasteiger partial charge in [0.15, 0.2) is 0 Å². The first-order valence-corrected chi connectivity index (χ1v) is 8.66. The van der Waals surface area contributed by atoms with Gasteiger partial charge in [-0.1, -0.05) is 29.8 Å². The Morgan fingerprint density at radius 3 is 2.58 bits per heavy atom. The lowest BCUT2D eigenvalue weighted by Crippen LogP contribution is -2.16. The molecule has 0 atom stereocenters. The molecule has 0 radical (unpaired) electrons. The van der Waals surface area contributed by atoms with Gasteiger partial charge in [0.25, 0.3) is 5.56 Å². The molecule has 0 aliphatic rings. The van der Waals surface area contributed by atoms with Gasteiger partial charge in [-0.2, -0.15) is 5.10 Å². The normalized spacial score (nSPS) is 11.0. The number of hydrogen-bond acceptors (Lipinski definition) is 3. The van der Waals surface area contributed by atoms with Gasteiger partial charge in [-0.25, -0.2) is 4.68 Å². The Morgan fingerprint density at radius 1 is 1.12 bits per heavy atom. The van der Waals surface area contributed by atoms with Gasteiger partial charge < -0.3 is 10.3 Å². The fourth-order valence-electron chi connectivity index (χ4n) is 2.91. The van der Waals surface area contributed by atoms with Crippen LogP contribution < -0.4 is 10.9 Å². The van der Waals surface area contributed by atoms with E-state index in [0.29, 0.717) is 22.8 Å². The smallest absolute Gasteiger partial charge is 0.254 e. The largest absolute Gasteiger partial charge is 0.381 e. The van der Waals surface area contributed by atoms with Gasteiger partial charge in [-0.05, 0) is 49.4 Å². The Balaban J connectivity index is 1.70. The van der Waals surface area contributed by atoms with Crippen LogP contribution in [0.5, 0.6) is 0 Å². The summed E-state index contributed by atoms with van der Waals surface area (Å²) >= 11 is 5.90. The zero-order chi connectivity index (χ0) is 18.1. The summed E-state index contributed by atoms with van der Waals surface area (Å²) in [5.41, 5.74) is 3.92. The third-order valence-corrected chi connectivity index (χ3v) is 4.53. The average Bonchev–Trinajstić information content (AvgIpc) is 2.97. The summed E-state index contributed by atoms with van der Waals surface area (Å²) < 4.78 is 1.77. The summed E-state index contributed by atoms with van der Waals surface area (Å²) in [5.74, 6) is 0. The third kappa shape index (κ3) is 3.09. The Labute approximate surface area is 155 Å². The van der Waals surface area contributed by atoms with Gasteiger partial charge in [0.05, 0.1) is 11.4 Å². The van der Waals surface area contributed by atoms with E-state index in [0.717, 1.165) is 22.5 Å². The molecule has 0 fully saturated rings. The summed E-state index contributed by atoms with van der Waals surface area (Å²) in [6.45, 7) is 2.36. The number of hydrogen-bond donors (Lipinski definition) is 2. The molecule has 2 aromatic carbocycles. The molecule has 0 spiro atoms. The zero-order valence-electron chi connectivity index (χ0n) is 14.2. The molecule has 4 aromatic rings. The number of aromatic amines is 1. The maximum absolute atomic E-state index is 12.5. The number of benzene rings is 2. The van der Waals surface area contributed by atoms with Crippen LogP contribution in [0.4, 0.5) is 5.69 Å². The lowest BCUT2D eigenvalue weighted by Gasteiger charge is -2.07. The summed E-state index contributed by atoms with van der Waals surface area (Å²) in [6.07, 6.45) is 0. The number of aryl methyl sites for hydroxylation is 1. The number of nitrogens with zero attached hydrogens (tertiary/aromatic N) is 2. The molecule has 0 saturated carbocycles. The van der Waals surface area contributed by atoms with Crippen molar-refractivity contribution in [3.8, 4) is 5.69 Å². The third-order valence-electron chi connectivity index (χ3n) is 4.28. The van der Waals surface area contributed by atoms with Crippen LogP contribution in [0.3, 0.4) is 0 Å². The van der Waals surface area contributed by atoms with E-state index in [1.54, 1.807) is 4.68 Å². The molecule has 2 N–H and O–H groups in total. The van der Waals surface area contributed by atoms with Crippen molar-refractivity contribution in [2.75, 3.05) is 5.32 Å². The zero-order valence-corrected chi connectivity index (χ0v) is 14.9. The predicted octanol–water partition coefficient (Wildman–Crippen LogP) is 4.29. The maximum Gasteiger partial charge on any atom is 0.254 e. The minimum Gasteiger partial charge on any atom is -0.381 e. The molecule has 0 aliphatic carbocycles. The van der Waals surface area contributed by atoms with Crippen molar-refractivity contribution in [2.45, 2.75) is 13.5 Å². The maximum atomic E-state index is 12.5. The van der Waals surface area contributed by atoms with Crippen molar-refractivity contribution in [3.63, 3.8) is 0 Å². The standard InChI is InChI=1S/C20H17ClN4O/c1-13-18-11-14(12-22-16-9-7-15(21)8-10-16)20(26)23-19(18)25(24-13)17-5-3-2-4-6-17/h2-11,22H,12H2,1H3,(H,23,26). The van der Waals surface area contributed by atoms with Gasteiger partial charge >= 0.3 is 0 Å². The fraction of sp³-hybridized carbons (Fsp3) is 0.100. The molecule has 5 nitrogen and oxygen atoms in total. The number of fused-ring (bicyclic) bond motifs is 1. The topological polar surface area (TPSA) is 62.7 Å². The van der Waals surface area contributed by atoms with E-state index in [1.165, 1.54) is 0 Å². The van der Waals surface area contributed by atoms with Crippen LogP contribution in [0, 0.1) is 6.92 Å². The number of rotatable bonds is 4. The predicted molar refractivity (Wildman–Crippen MR) is 105 cm³/mol. The molecule has 0 aliphatic heterocycles. The molecule has 0 amide bonds. The van der Waals surface area contributed by atoms with Crippen LogP contribution >= 0.6 is 11.6 Å². The van der Waals surface area contributed by atoms with Crippen molar-refractivity contribution in [3.05, 3.63) is 87.3 Å². The molecular weight excluding hydrogens is 348 g/mol. The van der Waals surface area contributed by atoms with E-state index in [4.69, 9.17) is 11.6 Å². The number of para-hydroxylation sites is 1. The summed E-state index contributed by atoms with van der Waals surface area (Å²) in [7, 11) is 0. The van der Waals surface area contributed by atoms with E-state index in [2.05, 4.69) is 15.4 Å². The second-order valence-corrected chi connectivity index (χ2v) is 6.52. The molecule has 0 saturated heterocycles. The highest BCUT2D eigenvalue weighted by atomic mass is 35.5. The van der Waals surface area contributed by atoms with Gasteiger partial charge in [0.1, 0.15) is 5.65 Å². The van der Waals surface area contributed by atoms with Crippen LogP contribution in [0.15, 0.2) is 65.5 Å². The lowest BCUT2D eigenvalue weighted by molar-refractivity contribution is 0.874. The molecule has 0 bridgehead atoms. The molecule has 130 valence electrons. The number of H-pyrrole nitrogens is 1. The minimum absolute atomic E-state index is 0.129. The van der Waals surface area contributed by atoms with Gasteiger partial charge in [-0.3, -0.25) is 4.79 Å². The highest BCUT2D eigenvalue weighted by molar-refractivity contribution is 6.30. The van der Waals surface area contributed by atoms with Crippen LogP contribution in [-0.4, -0.2) is 14.8 Å². The Hall–Kier alpha value is -3.05. The first kappa shape index (κ1) is 16.4. The molecular formula is C20H17ClN4O. The van der Waals surface area contributed by atoms with E-state index < -0.39 is 0 Å². The van der Waals surface area contributed by atoms with Crippen molar-refractivity contribution in [1.82, 2.24) is 14.8 Å². The Bertz CT molecular complexity index is 1110. The minimum atomic E-state index is -0.129. The monoisotopic (exact) mass is 364 g/mol. The van der Waals surface area contributed by atoms with E-state index >= 15 is 0 Å². The number of aromatic nitrogens is 3. The Kier molecular flexibility index (Phi) is 4.22. The van der Waals surface area contributed by atoms with Crippen LogP contribution in [0.25, 0.3) is 16.7 Å². The first-order chi connectivity index (χ1) is 12.6. The molecule has 2 aromatic heterocycles. The van der Waals surface area contributed by atoms with Crippen molar-refractivity contribution in [2.24, 2.45) is 0 Å². The fourth-order valence-corrected chi connectivity index (χ4v) is 3.04. The van der Waals surface area contributed by atoms with E-state index in [-0.39, 0.29) is 5.56 Å². The van der Waals surface area contributed by atoms with Crippen LogP contribution in [-0.2, 0) is 6.54 Å². The summed E-state index contributed by atoms with van der Waals surface area (Å²) in [4.78, 5) is 15.5. The van der Waals surface area contributed by atoms with Crippen LogP contribution in [0.2, 0.25) is 5.02 Å². The van der Waals surface area contributed by atoms with Crippen LogP contribution in [0.1, 0.15) is 11.3 Å². The van der Waals surface area contributed by atoms with E-state index in [1.807, 2.05) is 67.6 Å². The highest BCUT2D eigenvalue weighted by Crippen LogP contribution is 2.20. The number of nitrogens with one attached hydrogen (secondary N) is 2. The number of anilines is 1. The Morgan fingerprint density at radius 2 is 1.85 bits per heavy atom. The first-order valence-electron chi connectivity index (χ1n) is 8.28. The van der Waals surface area contributed by atoms with E-state index in [9.17, 15) is 4.79 Å². The number of pyridine rings is 1. The second-order valence-electron chi connectivity index (χ2n) is 6.08. The SMILES string of the molecule is Cc1nn(-c2ccccc2)c2[nH]c(=O)c(CNc3ccc(Cl)cc3)cc12. The average molecular weight is 365 g/mol. The quantitative estimate of drug-likeness (QED) is 0.568. The number of halogens is 1. The van der Waals surface area contributed by atoms with Crippen molar-refractivity contribution < 1.29 is 0 Å². The van der Waals surface area contributed by atoms with Crippen molar-refractivity contribution in [1.29, 1.82) is 0 Å². The highest BCUT2D eigenvalue weighted by Gasteiger charge is 2.12.